The van der Waals surface area contributed by atoms with Gasteiger partial charge in [0, 0.05) is 6.07 Å². The van der Waals surface area contributed by atoms with Crippen LogP contribution in [0.3, 0.4) is 0 Å². The van der Waals surface area contributed by atoms with Gasteiger partial charge in [0.25, 0.3) is 0 Å². The van der Waals surface area contributed by atoms with Crippen LogP contribution in [0.15, 0.2) is 38.1 Å². The molecule has 2 heterocycles. The third-order valence-electron chi connectivity index (χ3n) is 3.44. The summed E-state index contributed by atoms with van der Waals surface area (Å²) in [5, 5.41) is 21.0. The highest BCUT2D eigenvalue weighted by molar-refractivity contribution is 6.06. The fraction of sp³-hybridized carbons (Fsp3) is 0.312. The second-order valence-electron chi connectivity index (χ2n) is 5.65. The maximum atomic E-state index is 11.6. The predicted molar refractivity (Wildman–Crippen MR) is 81.7 cm³/mol. The molecule has 1 atom stereocenters. The minimum atomic E-state index is -1.56. The molecule has 0 aliphatic rings. The molecule has 3 aromatic rings. The summed E-state index contributed by atoms with van der Waals surface area (Å²) < 4.78 is 21.4. The van der Waals surface area contributed by atoms with E-state index in [2.05, 4.69) is 0 Å². The summed E-state index contributed by atoms with van der Waals surface area (Å²) in [6, 6.07) is 4.46. The second kappa shape index (κ2) is 5.29. The van der Waals surface area contributed by atoms with Gasteiger partial charge in [0.05, 0.1) is 24.1 Å². The standard InChI is InChI=1S/C16H16O7/c1-16(2,19)15(18)23-14-12-9(6-7-21-12)11(20-3)8-4-5-10(17)22-13(8)14/h4-7,15,18-19H,1-3H3. The van der Waals surface area contributed by atoms with Crippen molar-refractivity contribution in [3.8, 4) is 11.5 Å². The predicted octanol–water partition coefficient (Wildman–Crippen LogP) is 2.02. The van der Waals surface area contributed by atoms with Crippen molar-refractivity contribution in [3.05, 3.63) is 34.9 Å². The van der Waals surface area contributed by atoms with Crippen molar-refractivity contribution in [2.75, 3.05) is 7.11 Å². The topological polar surface area (TPSA) is 102 Å². The smallest absolute Gasteiger partial charge is 0.336 e. The van der Waals surface area contributed by atoms with Gasteiger partial charge in [-0.05, 0) is 26.0 Å². The average molecular weight is 320 g/mol. The number of aliphatic hydroxyl groups is 2. The zero-order valence-corrected chi connectivity index (χ0v) is 12.8. The van der Waals surface area contributed by atoms with Gasteiger partial charge in [-0.15, -0.1) is 0 Å². The number of rotatable bonds is 4. The first-order valence-electron chi connectivity index (χ1n) is 6.91. The molecule has 0 bridgehead atoms. The Hall–Kier alpha value is -2.51. The van der Waals surface area contributed by atoms with Crippen molar-refractivity contribution in [2.45, 2.75) is 25.7 Å². The monoisotopic (exact) mass is 320 g/mol. The van der Waals surface area contributed by atoms with E-state index >= 15 is 0 Å². The minimum Gasteiger partial charge on any atom is -0.495 e. The molecule has 2 aromatic heterocycles. The van der Waals surface area contributed by atoms with Gasteiger partial charge in [-0.2, -0.15) is 0 Å². The van der Waals surface area contributed by atoms with Crippen LogP contribution in [0.2, 0.25) is 0 Å². The third-order valence-corrected chi connectivity index (χ3v) is 3.44. The van der Waals surface area contributed by atoms with Crippen LogP contribution in [0.5, 0.6) is 11.5 Å². The minimum absolute atomic E-state index is 0.0214. The number of ether oxygens (including phenoxy) is 2. The summed E-state index contributed by atoms with van der Waals surface area (Å²) in [5.41, 5.74) is -1.81. The first-order chi connectivity index (χ1) is 10.8. The van der Waals surface area contributed by atoms with Crippen molar-refractivity contribution in [1.82, 2.24) is 0 Å². The molecular formula is C16H16O7. The Morgan fingerprint density at radius 3 is 2.48 bits per heavy atom. The summed E-state index contributed by atoms with van der Waals surface area (Å²) >= 11 is 0. The van der Waals surface area contributed by atoms with Crippen LogP contribution in [0.4, 0.5) is 0 Å². The van der Waals surface area contributed by atoms with Crippen LogP contribution in [0.25, 0.3) is 21.9 Å². The molecule has 7 nitrogen and oxygen atoms in total. The largest absolute Gasteiger partial charge is 0.495 e. The quantitative estimate of drug-likeness (QED) is 0.560. The Bertz CT molecular complexity index is 914. The second-order valence-corrected chi connectivity index (χ2v) is 5.65. The molecule has 7 heteroatoms. The van der Waals surface area contributed by atoms with E-state index < -0.39 is 17.5 Å². The fourth-order valence-corrected chi connectivity index (χ4v) is 2.26. The molecule has 0 aliphatic carbocycles. The van der Waals surface area contributed by atoms with Crippen LogP contribution >= 0.6 is 0 Å². The zero-order chi connectivity index (χ0) is 16.8. The normalized spacial score (nSPS) is 13.4. The van der Waals surface area contributed by atoms with Gasteiger partial charge < -0.3 is 28.5 Å². The first-order valence-corrected chi connectivity index (χ1v) is 6.91. The van der Waals surface area contributed by atoms with E-state index in [9.17, 15) is 15.0 Å². The summed E-state index contributed by atoms with van der Waals surface area (Å²) in [6.07, 6.45) is -0.133. The lowest BCUT2D eigenvalue weighted by molar-refractivity contribution is -0.149. The molecule has 1 aromatic carbocycles. The zero-order valence-electron chi connectivity index (χ0n) is 12.8. The molecule has 3 rings (SSSR count). The number of aliphatic hydroxyl groups excluding tert-OH is 1. The third kappa shape index (κ3) is 2.54. The van der Waals surface area contributed by atoms with Gasteiger partial charge in [-0.1, -0.05) is 0 Å². The molecule has 0 saturated heterocycles. The number of hydrogen-bond donors (Lipinski definition) is 2. The average Bonchev–Trinajstić information content (AvgIpc) is 2.95. The van der Waals surface area contributed by atoms with Gasteiger partial charge in [0.1, 0.15) is 11.4 Å². The van der Waals surface area contributed by atoms with E-state index in [-0.39, 0.29) is 16.9 Å². The molecule has 0 aliphatic heterocycles. The molecule has 0 amide bonds. The number of benzene rings is 1. The van der Waals surface area contributed by atoms with Crippen molar-refractivity contribution in [1.29, 1.82) is 0 Å². The lowest BCUT2D eigenvalue weighted by atomic mass is 10.1. The van der Waals surface area contributed by atoms with Crippen molar-refractivity contribution in [3.63, 3.8) is 0 Å². The van der Waals surface area contributed by atoms with Crippen LogP contribution < -0.4 is 15.1 Å². The molecule has 0 radical (unpaired) electrons. The Morgan fingerprint density at radius 2 is 1.83 bits per heavy atom. The van der Waals surface area contributed by atoms with E-state index in [1.807, 2.05) is 0 Å². The van der Waals surface area contributed by atoms with Gasteiger partial charge >= 0.3 is 5.63 Å². The molecule has 0 fully saturated rings. The van der Waals surface area contributed by atoms with Gasteiger partial charge in [-0.3, -0.25) is 0 Å². The van der Waals surface area contributed by atoms with Gasteiger partial charge in [-0.25, -0.2) is 4.79 Å². The van der Waals surface area contributed by atoms with E-state index in [4.69, 9.17) is 18.3 Å². The van der Waals surface area contributed by atoms with Gasteiger partial charge in [0.15, 0.2) is 11.2 Å². The number of fused-ring (bicyclic) bond motifs is 2. The van der Waals surface area contributed by atoms with E-state index in [0.717, 1.165) is 0 Å². The van der Waals surface area contributed by atoms with Gasteiger partial charge in [0.2, 0.25) is 12.0 Å². The Morgan fingerprint density at radius 1 is 1.13 bits per heavy atom. The Kier molecular flexibility index (Phi) is 3.54. The SMILES string of the molecule is COc1c2ccoc2c(OC(O)C(C)(C)O)c2oc(=O)ccc12. The van der Waals surface area contributed by atoms with Crippen LogP contribution in [-0.4, -0.2) is 29.2 Å². The highest BCUT2D eigenvalue weighted by Gasteiger charge is 2.30. The lowest BCUT2D eigenvalue weighted by Gasteiger charge is -2.25. The number of methoxy groups -OCH3 is 1. The highest BCUT2D eigenvalue weighted by atomic mass is 16.6. The molecule has 0 saturated carbocycles. The molecule has 1 unspecified atom stereocenters. The van der Waals surface area contributed by atoms with Crippen LogP contribution in [-0.2, 0) is 0 Å². The van der Waals surface area contributed by atoms with Crippen molar-refractivity contribution >= 4 is 21.9 Å². The highest BCUT2D eigenvalue weighted by Crippen LogP contribution is 2.43. The molecular weight excluding hydrogens is 304 g/mol. The lowest BCUT2D eigenvalue weighted by Crippen LogP contribution is -2.40. The maximum Gasteiger partial charge on any atom is 0.336 e. The van der Waals surface area contributed by atoms with E-state index in [1.54, 1.807) is 6.07 Å². The molecule has 2 N–H and O–H groups in total. The van der Waals surface area contributed by atoms with Crippen molar-refractivity contribution in [2.24, 2.45) is 0 Å². The summed E-state index contributed by atoms with van der Waals surface area (Å²) in [4.78, 5) is 11.6. The van der Waals surface area contributed by atoms with Crippen LogP contribution in [0.1, 0.15) is 13.8 Å². The van der Waals surface area contributed by atoms with Crippen LogP contribution in [0, 0.1) is 0 Å². The fourth-order valence-electron chi connectivity index (χ4n) is 2.26. The Labute approximate surface area is 130 Å². The summed E-state index contributed by atoms with van der Waals surface area (Å²) in [6.45, 7) is 2.78. The molecule has 0 spiro atoms. The number of furan rings is 1. The molecule has 122 valence electrons. The first kappa shape index (κ1) is 15.4. The summed E-state index contributed by atoms with van der Waals surface area (Å²) in [7, 11) is 1.48. The number of hydrogen-bond acceptors (Lipinski definition) is 7. The maximum absolute atomic E-state index is 11.6. The molecule has 23 heavy (non-hydrogen) atoms. The van der Waals surface area contributed by atoms with E-state index in [1.165, 1.54) is 39.4 Å². The van der Waals surface area contributed by atoms with Crippen molar-refractivity contribution < 1.29 is 28.5 Å². The van der Waals surface area contributed by atoms with E-state index in [0.29, 0.717) is 16.5 Å². The summed E-state index contributed by atoms with van der Waals surface area (Å²) in [5.74, 6) is 0.478. The Balaban J connectivity index is 2.35.